The summed E-state index contributed by atoms with van der Waals surface area (Å²) < 4.78 is 11.3. The van der Waals surface area contributed by atoms with Crippen molar-refractivity contribution in [2.24, 2.45) is 23.7 Å². The number of rotatable bonds is 7. The first-order valence-corrected chi connectivity index (χ1v) is 12.0. The van der Waals surface area contributed by atoms with Gasteiger partial charge in [-0.1, -0.05) is 6.07 Å². The molecule has 5 fully saturated rings. The van der Waals surface area contributed by atoms with Crippen molar-refractivity contribution in [3.63, 3.8) is 0 Å². The molecule has 6 rings (SSSR count). The lowest BCUT2D eigenvalue weighted by atomic mass is 9.53. The Hall–Kier alpha value is -1.59. The highest BCUT2D eigenvalue weighted by molar-refractivity contribution is 5.94. The highest BCUT2D eigenvalue weighted by Gasteiger charge is 2.50. The van der Waals surface area contributed by atoms with Gasteiger partial charge in [-0.2, -0.15) is 0 Å². The van der Waals surface area contributed by atoms with Crippen LogP contribution in [0.3, 0.4) is 0 Å². The maximum absolute atomic E-state index is 12.3. The average molecular weight is 413 g/mol. The number of nitrogens with zero attached hydrogens (tertiary/aromatic N) is 1. The molecular formula is C25H36N2O3. The molecule has 0 radical (unpaired) electrons. The molecule has 5 heteroatoms. The molecule has 1 aromatic carbocycles. The topological polar surface area (TPSA) is 50.8 Å². The van der Waals surface area contributed by atoms with Gasteiger partial charge in [0.25, 0.3) is 5.91 Å². The highest BCUT2D eigenvalue weighted by Crippen LogP contribution is 2.55. The second-order valence-corrected chi connectivity index (χ2v) is 10.1. The summed E-state index contributed by atoms with van der Waals surface area (Å²) in [6.07, 6.45) is 9.94. The molecule has 5 nitrogen and oxygen atoms in total. The van der Waals surface area contributed by atoms with Crippen LogP contribution in [-0.2, 0) is 4.74 Å². The SMILES string of the molecule is COCCNC(=O)c1cccc(OC2CCN(C3C4CC5CC(C4)CC3C5)CC2)c1. The number of piperidine rings is 1. The molecule has 1 aliphatic heterocycles. The average Bonchev–Trinajstić information content (AvgIpc) is 2.74. The minimum Gasteiger partial charge on any atom is -0.490 e. The van der Waals surface area contributed by atoms with E-state index >= 15 is 0 Å². The number of nitrogens with one attached hydrogen (secondary N) is 1. The zero-order chi connectivity index (χ0) is 20.5. The summed E-state index contributed by atoms with van der Waals surface area (Å²) in [5.74, 6) is 4.75. The molecule has 0 spiro atoms. The van der Waals surface area contributed by atoms with Crippen LogP contribution in [0.15, 0.2) is 24.3 Å². The number of amides is 1. The van der Waals surface area contributed by atoms with E-state index in [1.807, 2.05) is 24.3 Å². The zero-order valence-corrected chi connectivity index (χ0v) is 18.2. The van der Waals surface area contributed by atoms with Crippen molar-refractivity contribution in [2.45, 2.75) is 57.1 Å². The predicted octanol–water partition coefficient (Wildman–Crippen LogP) is 3.73. The number of methoxy groups -OCH3 is 1. The number of hydrogen-bond acceptors (Lipinski definition) is 4. The van der Waals surface area contributed by atoms with Gasteiger partial charge >= 0.3 is 0 Å². The van der Waals surface area contributed by atoms with E-state index in [2.05, 4.69) is 10.2 Å². The Labute approximate surface area is 180 Å². The summed E-state index contributed by atoms with van der Waals surface area (Å²) in [5.41, 5.74) is 0.648. The van der Waals surface area contributed by atoms with Gasteiger partial charge in [0.05, 0.1) is 6.61 Å². The standard InChI is InChI=1S/C25H36N2O3/c1-29-10-7-26-25(28)19-3-2-4-23(16-19)30-22-5-8-27(9-6-22)24-20-12-17-11-18(14-20)15-21(24)13-17/h2-4,16-18,20-22,24H,5-15H2,1H3,(H,26,28). The van der Waals surface area contributed by atoms with Crippen molar-refractivity contribution >= 4 is 5.91 Å². The Kier molecular flexibility index (Phi) is 6.01. The third-order valence-electron chi connectivity index (χ3n) is 8.07. The molecule has 4 aliphatic carbocycles. The number of ether oxygens (including phenoxy) is 2. The molecule has 4 bridgehead atoms. The van der Waals surface area contributed by atoms with Crippen molar-refractivity contribution in [3.8, 4) is 5.75 Å². The van der Waals surface area contributed by atoms with E-state index in [0.717, 1.165) is 61.4 Å². The van der Waals surface area contributed by atoms with Gasteiger partial charge in [-0.05, 0) is 86.8 Å². The largest absolute Gasteiger partial charge is 0.490 e. The van der Waals surface area contributed by atoms with Gasteiger partial charge in [0, 0.05) is 38.3 Å². The molecule has 0 atom stereocenters. The fraction of sp³-hybridized carbons (Fsp3) is 0.720. The quantitative estimate of drug-likeness (QED) is 0.694. The Morgan fingerprint density at radius 2 is 1.77 bits per heavy atom. The van der Waals surface area contributed by atoms with Gasteiger partial charge in [-0.3, -0.25) is 9.69 Å². The summed E-state index contributed by atoms with van der Waals surface area (Å²) in [4.78, 5) is 15.1. The lowest BCUT2D eigenvalue weighted by molar-refractivity contribution is -0.0773. The molecular weight excluding hydrogens is 376 g/mol. The van der Waals surface area contributed by atoms with E-state index in [9.17, 15) is 4.79 Å². The van der Waals surface area contributed by atoms with Crippen molar-refractivity contribution in [1.29, 1.82) is 0 Å². The fourth-order valence-corrected chi connectivity index (χ4v) is 7.06. The second kappa shape index (κ2) is 8.88. The molecule has 164 valence electrons. The summed E-state index contributed by atoms with van der Waals surface area (Å²) in [6, 6.07) is 8.43. The van der Waals surface area contributed by atoms with E-state index in [-0.39, 0.29) is 12.0 Å². The molecule has 1 amide bonds. The molecule has 1 N–H and O–H groups in total. The monoisotopic (exact) mass is 412 g/mol. The number of benzene rings is 1. The van der Waals surface area contributed by atoms with Gasteiger partial charge < -0.3 is 14.8 Å². The smallest absolute Gasteiger partial charge is 0.251 e. The van der Waals surface area contributed by atoms with Gasteiger partial charge in [-0.15, -0.1) is 0 Å². The van der Waals surface area contributed by atoms with Crippen molar-refractivity contribution in [1.82, 2.24) is 10.2 Å². The van der Waals surface area contributed by atoms with Crippen LogP contribution >= 0.6 is 0 Å². The number of likely N-dealkylation sites (tertiary alicyclic amines) is 1. The maximum Gasteiger partial charge on any atom is 0.251 e. The Balaban J connectivity index is 1.13. The summed E-state index contributed by atoms with van der Waals surface area (Å²) >= 11 is 0. The van der Waals surface area contributed by atoms with Crippen LogP contribution < -0.4 is 10.1 Å². The minimum atomic E-state index is -0.0748. The Bertz CT molecular complexity index is 716. The van der Waals surface area contributed by atoms with E-state index < -0.39 is 0 Å². The first kappa shape index (κ1) is 20.3. The zero-order valence-electron chi connectivity index (χ0n) is 18.2. The molecule has 0 aromatic heterocycles. The highest BCUT2D eigenvalue weighted by atomic mass is 16.5. The molecule has 0 unspecified atom stereocenters. The third-order valence-corrected chi connectivity index (χ3v) is 8.07. The fourth-order valence-electron chi connectivity index (χ4n) is 7.06. The molecule has 5 aliphatic rings. The van der Waals surface area contributed by atoms with Gasteiger partial charge in [0.1, 0.15) is 11.9 Å². The molecule has 1 saturated heterocycles. The minimum absolute atomic E-state index is 0.0748. The lowest BCUT2D eigenvalue weighted by Crippen LogP contribution is -2.58. The second-order valence-electron chi connectivity index (χ2n) is 10.1. The van der Waals surface area contributed by atoms with E-state index in [1.165, 1.54) is 32.1 Å². The van der Waals surface area contributed by atoms with Crippen LogP contribution in [0.1, 0.15) is 55.3 Å². The predicted molar refractivity (Wildman–Crippen MR) is 117 cm³/mol. The molecule has 30 heavy (non-hydrogen) atoms. The Morgan fingerprint density at radius 1 is 1.07 bits per heavy atom. The summed E-state index contributed by atoms with van der Waals surface area (Å²) in [7, 11) is 1.63. The van der Waals surface area contributed by atoms with Crippen LogP contribution in [0.4, 0.5) is 0 Å². The van der Waals surface area contributed by atoms with Crippen LogP contribution in [0.25, 0.3) is 0 Å². The molecule has 1 aromatic rings. The van der Waals surface area contributed by atoms with Crippen molar-refractivity contribution < 1.29 is 14.3 Å². The van der Waals surface area contributed by atoms with Crippen molar-refractivity contribution in [2.75, 3.05) is 33.4 Å². The lowest BCUT2D eigenvalue weighted by Gasteiger charge is -2.58. The van der Waals surface area contributed by atoms with E-state index in [4.69, 9.17) is 9.47 Å². The van der Waals surface area contributed by atoms with Gasteiger partial charge in [0.15, 0.2) is 0 Å². The number of carbonyl (C=O) groups excluding carboxylic acids is 1. The van der Waals surface area contributed by atoms with Gasteiger partial charge in [0.2, 0.25) is 0 Å². The maximum atomic E-state index is 12.3. The van der Waals surface area contributed by atoms with Crippen LogP contribution in [0.5, 0.6) is 5.75 Å². The summed E-state index contributed by atoms with van der Waals surface area (Å²) in [6.45, 7) is 3.36. The van der Waals surface area contributed by atoms with E-state index in [0.29, 0.717) is 18.7 Å². The van der Waals surface area contributed by atoms with E-state index in [1.54, 1.807) is 7.11 Å². The molecule has 1 heterocycles. The normalized spacial score (nSPS) is 33.6. The first-order valence-electron chi connectivity index (χ1n) is 12.0. The Morgan fingerprint density at radius 3 is 2.43 bits per heavy atom. The van der Waals surface area contributed by atoms with Crippen molar-refractivity contribution in [3.05, 3.63) is 29.8 Å². The first-order chi connectivity index (χ1) is 14.7. The summed E-state index contributed by atoms with van der Waals surface area (Å²) in [5, 5.41) is 2.87. The molecule has 4 saturated carbocycles. The number of hydrogen-bond donors (Lipinski definition) is 1. The van der Waals surface area contributed by atoms with Crippen LogP contribution in [-0.4, -0.2) is 56.3 Å². The van der Waals surface area contributed by atoms with Crippen LogP contribution in [0, 0.1) is 23.7 Å². The van der Waals surface area contributed by atoms with Gasteiger partial charge in [-0.25, -0.2) is 0 Å². The third kappa shape index (κ3) is 4.24. The number of carbonyl (C=O) groups is 1. The van der Waals surface area contributed by atoms with Crippen LogP contribution in [0.2, 0.25) is 0 Å².